The molecule has 1 aromatic heterocycles. The quantitative estimate of drug-likeness (QED) is 0.888. The van der Waals surface area contributed by atoms with Crippen molar-refractivity contribution in [1.82, 2.24) is 10.3 Å². The van der Waals surface area contributed by atoms with Crippen molar-refractivity contribution in [3.05, 3.63) is 29.0 Å². The van der Waals surface area contributed by atoms with Crippen LogP contribution in [0.25, 0.3) is 0 Å². The predicted molar refractivity (Wildman–Crippen MR) is 67.0 cm³/mol. The monoisotopic (exact) mass is 267 g/mol. The minimum Gasteiger partial charge on any atom is -0.332 e. The molecule has 2 rings (SSSR count). The Morgan fingerprint density at radius 3 is 3.12 bits per heavy atom. The SMILES string of the molecule is N#CC1(NC(=O)c2cc(Cl)ccn2)CCSC1. The van der Waals surface area contributed by atoms with Gasteiger partial charge in [0.05, 0.1) is 6.07 Å². The van der Waals surface area contributed by atoms with Crippen molar-refractivity contribution >= 4 is 29.3 Å². The van der Waals surface area contributed by atoms with Crippen molar-refractivity contribution in [3.63, 3.8) is 0 Å². The van der Waals surface area contributed by atoms with Crippen LogP contribution in [0, 0.1) is 11.3 Å². The highest BCUT2D eigenvalue weighted by atomic mass is 35.5. The zero-order chi connectivity index (χ0) is 12.3. The summed E-state index contributed by atoms with van der Waals surface area (Å²) in [4.78, 5) is 15.9. The molecular formula is C11H10ClN3OS. The van der Waals surface area contributed by atoms with Gasteiger partial charge in [0.15, 0.2) is 0 Å². The molecular weight excluding hydrogens is 258 g/mol. The largest absolute Gasteiger partial charge is 0.332 e. The van der Waals surface area contributed by atoms with Gasteiger partial charge < -0.3 is 5.32 Å². The molecule has 1 fully saturated rings. The highest BCUT2D eigenvalue weighted by molar-refractivity contribution is 7.99. The molecule has 1 aliphatic rings. The molecule has 88 valence electrons. The van der Waals surface area contributed by atoms with Crippen molar-refractivity contribution in [3.8, 4) is 6.07 Å². The molecule has 1 amide bonds. The van der Waals surface area contributed by atoms with Crippen molar-refractivity contribution < 1.29 is 4.79 Å². The summed E-state index contributed by atoms with van der Waals surface area (Å²) in [5, 5.41) is 12.3. The Balaban J connectivity index is 2.14. The van der Waals surface area contributed by atoms with Gasteiger partial charge in [-0.25, -0.2) is 0 Å². The van der Waals surface area contributed by atoms with Crippen LogP contribution in [0.1, 0.15) is 16.9 Å². The van der Waals surface area contributed by atoms with Gasteiger partial charge in [-0.1, -0.05) is 11.6 Å². The average Bonchev–Trinajstić information content (AvgIpc) is 2.78. The number of amides is 1. The van der Waals surface area contributed by atoms with Crippen LogP contribution in [0.5, 0.6) is 0 Å². The van der Waals surface area contributed by atoms with Crippen LogP contribution in [0.2, 0.25) is 5.02 Å². The normalized spacial score (nSPS) is 23.1. The molecule has 6 heteroatoms. The van der Waals surface area contributed by atoms with E-state index in [0.717, 1.165) is 5.75 Å². The number of nitrogens with one attached hydrogen (secondary N) is 1. The summed E-state index contributed by atoms with van der Waals surface area (Å²) in [6, 6.07) is 5.27. The first-order valence-corrected chi connectivity index (χ1v) is 6.61. The number of carbonyl (C=O) groups is 1. The van der Waals surface area contributed by atoms with E-state index in [2.05, 4.69) is 16.4 Å². The lowest BCUT2D eigenvalue weighted by Crippen LogP contribution is -2.47. The Labute approximate surface area is 108 Å². The van der Waals surface area contributed by atoms with E-state index in [1.165, 1.54) is 12.3 Å². The molecule has 0 aromatic carbocycles. The van der Waals surface area contributed by atoms with Crippen molar-refractivity contribution in [1.29, 1.82) is 5.26 Å². The third kappa shape index (κ3) is 2.71. The third-order valence-electron chi connectivity index (χ3n) is 2.54. The summed E-state index contributed by atoms with van der Waals surface area (Å²) in [7, 11) is 0. The first kappa shape index (κ1) is 12.2. The standard InChI is InChI=1S/C11H10ClN3OS/c12-8-1-3-14-9(5-8)10(16)15-11(6-13)2-4-17-7-11/h1,3,5H,2,4,7H2,(H,15,16). The smallest absolute Gasteiger partial charge is 0.271 e. The van der Waals surface area contributed by atoms with Crippen molar-refractivity contribution in [2.24, 2.45) is 0 Å². The van der Waals surface area contributed by atoms with Gasteiger partial charge in [0.1, 0.15) is 11.2 Å². The summed E-state index contributed by atoms with van der Waals surface area (Å²) < 4.78 is 0. The Hall–Kier alpha value is -1.25. The summed E-state index contributed by atoms with van der Waals surface area (Å²) >= 11 is 7.45. The Morgan fingerprint density at radius 2 is 2.53 bits per heavy atom. The summed E-state index contributed by atoms with van der Waals surface area (Å²) in [5.41, 5.74) is -0.518. The van der Waals surface area contributed by atoms with Crippen LogP contribution >= 0.6 is 23.4 Å². The zero-order valence-electron chi connectivity index (χ0n) is 8.94. The number of carbonyl (C=O) groups excluding carboxylic acids is 1. The lowest BCUT2D eigenvalue weighted by Gasteiger charge is -2.20. The van der Waals surface area contributed by atoms with Crippen LogP contribution in [0.4, 0.5) is 0 Å². The van der Waals surface area contributed by atoms with Crippen LogP contribution < -0.4 is 5.32 Å². The van der Waals surface area contributed by atoms with Crippen molar-refractivity contribution in [2.45, 2.75) is 12.0 Å². The van der Waals surface area contributed by atoms with E-state index in [-0.39, 0.29) is 11.6 Å². The second-order valence-corrected chi connectivity index (χ2v) is 5.35. The van der Waals surface area contributed by atoms with Crippen LogP contribution in [0.15, 0.2) is 18.3 Å². The Bertz CT molecular complexity index is 480. The van der Waals surface area contributed by atoms with Gasteiger partial charge in [-0.05, 0) is 24.3 Å². The van der Waals surface area contributed by atoms with Crippen molar-refractivity contribution in [2.75, 3.05) is 11.5 Å². The first-order valence-electron chi connectivity index (χ1n) is 5.08. The summed E-state index contributed by atoms with van der Waals surface area (Å²) in [6.07, 6.45) is 2.14. The third-order valence-corrected chi connectivity index (χ3v) is 3.97. The van der Waals surface area contributed by atoms with E-state index in [0.29, 0.717) is 17.2 Å². The average molecular weight is 268 g/mol. The second kappa shape index (κ2) is 4.94. The number of thioether (sulfide) groups is 1. The lowest BCUT2D eigenvalue weighted by atomic mass is 10.0. The number of halogens is 1. The minimum absolute atomic E-state index is 0.240. The number of nitrogens with zero attached hydrogens (tertiary/aromatic N) is 2. The highest BCUT2D eigenvalue weighted by Crippen LogP contribution is 2.27. The minimum atomic E-state index is -0.758. The molecule has 0 saturated carbocycles. The molecule has 17 heavy (non-hydrogen) atoms. The van der Waals surface area contributed by atoms with Gasteiger partial charge in [0, 0.05) is 17.0 Å². The molecule has 1 atom stereocenters. The number of pyridine rings is 1. The van der Waals surface area contributed by atoms with E-state index >= 15 is 0 Å². The fraction of sp³-hybridized carbons (Fsp3) is 0.364. The summed E-state index contributed by atoms with van der Waals surface area (Å²) in [6.45, 7) is 0. The Kier molecular flexibility index (Phi) is 3.55. The molecule has 1 N–H and O–H groups in total. The molecule has 2 heterocycles. The summed E-state index contributed by atoms with van der Waals surface area (Å²) in [5.74, 6) is 1.16. The van der Waals surface area contributed by atoms with E-state index in [1.807, 2.05) is 0 Å². The number of hydrogen-bond acceptors (Lipinski definition) is 4. The highest BCUT2D eigenvalue weighted by Gasteiger charge is 2.36. The lowest BCUT2D eigenvalue weighted by molar-refractivity contribution is 0.0921. The molecule has 1 aliphatic heterocycles. The first-order chi connectivity index (χ1) is 8.15. The number of nitriles is 1. The molecule has 0 spiro atoms. The van der Waals surface area contributed by atoms with E-state index in [1.54, 1.807) is 17.8 Å². The molecule has 4 nitrogen and oxygen atoms in total. The van der Waals surface area contributed by atoms with Gasteiger partial charge >= 0.3 is 0 Å². The fourth-order valence-corrected chi connectivity index (χ4v) is 3.02. The fourth-order valence-electron chi connectivity index (χ4n) is 1.59. The molecule has 1 unspecified atom stereocenters. The second-order valence-electron chi connectivity index (χ2n) is 3.81. The van der Waals surface area contributed by atoms with Gasteiger partial charge in [0.2, 0.25) is 0 Å². The van der Waals surface area contributed by atoms with Crippen LogP contribution in [-0.4, -0.2) is 27.9 Å². The van der Waals surface area contributed by atoms with Gasteiger partial charge in [0.25, 0.3) is 5.91 Å². The molecule has 0 bridgehead atoms. The molecule has 0 aliphatic carbocycles. The molecule has 1 aromatic rings. The van der Waals surface area contributed by atoms with Crippen LogP contribution in [-0.2, 0) is 0 Å². The predicted octanol–water partition coefficient (Wildman–Crippen LogP) is 1.86. The Morgan fingerprint density at radius 1 is 1.71 bits per heavy atom. The number of aromatic nitrogens is 1. The van der Waals surface area contributed by atoms with Crippen LogP contribution in [0.3, 0.4) is 0 Å². The topological polar surface area (TPSA) is 65.8 Å². The molecule has 1 saturated heterocycles. The maximum absolute atomic E-state index is 11.9. The van der Waals surface area contributed by atoms with Gasteiger partial charge in [-0.2, -0.15) is 17.0 Å². The number of rotatable bonds is 2. The number of hydrogen-bond donors (Lipinski definition) is 1. The van der Waals surface area contributed by atoms with Gasteiger partial charge in [-0.3, -0.25) is 9.78 Å². The van der Waals surface area contributed by atoms with E-state index in [9.17, 15) is 4.79 Å². The van der Waals surface area contributed by atoms with E-state index < -0.39 is 5.54 Å². The zero-order valence-corrected chi connectivity index (χ0v) is 10.5. The maximum atomic E-state index is 11.9. The molecule has 0 radical (unpaired) electrons. The maximum Gasteiger partial charge on any atom is 0.271 e. The van der Waals surface area contributed by atoms with E-state index in [4.69, 9.17) is 16.9 Å². The van der Waals surface area contributed by atoms with Gasteiger partial charge in [-0.15, -0.1) is 0 Å².